The first-order valence-electron chi connectivity index (χ1n) is 12.0. The summed E-state index contributed by atoms with van der Waals surface area (Å²) in [5.74, 6) is 0.664. The van der Waals surface area contributed by atoms with Gasteiger partial charge in [-0.05, 0) is 75.7 Å². The third kappa shape index (κ3) is 10.7. The number of hydrogen-bond acceptors (Lipinski definition) is 6. The van der Waals surface area contributed by atoms with Crippen LogP contribution in [0.5, 0.6) is 5.75 Å². The minimum atomic E-state index is -0.413. The van der Waals surface area contributed by atoms with Crippen LogP contribution in [0.4, 0.5) is 4.39 Å². The van der Waals surface area contributed by atoms with Gasteiger partial charge in [0.25, 0.3) is 0 Å². The Hall–Kier alpha value is -1.74. The van der Waals surface area contributed by atoms with Gasteiger partial charge >= 0.3 is 0 Å². The molecule has 1 aromatic carbocycles. The fraction of sp³-hybridized carbons (Fsp3) is 0.708. The summed E-state index contributed by atoms with van der Waals surface area (Å²) in [6.07, 6.45) is 7.19. The fourth-order valence-corrected chi connectivity index (χ4v) is 3.88. The van der Waals surface area contributed by atoms with Crippen LogP contribution in [0.1, 0.15) is 50.5 Å². The van der Waals surface area contributed by atoms with Gasteiger partial charge in [-0.3, -0.25) is 4.79 Å². The molecule has 1 aromatic rings. The van der Waals surface area contributed by atoms with Gasteiger partial charge in [-0.2, -0.15) is 0 Å². The van der Waals surface area contributed by atoms with Gasteiger partial charge in [0.1, 0.15) is 11.6 Å². The van der Waals surface area contributed by atoms with E-state index in [9.17, 15) is 9.18 Å². The number of carbonyl (C=O) groups excluding carboxylic acids is 1. The molecule has 0 radical (unpaired) electrons. The number of halogens is 1. The standard InChI is InChI=1S/C24H40FN3O4/c25-23-16-22(32-14-4-5-19-8-12-26-13-9-19)7-6-20(23)15-24(31)28-11-3-1-2-10-27-21(17-29)18-30/h6-7,16,19,21,26-27,29-30H,1-5,8-15,17-18H2,(H,28,31). The zero-order chi connectivity index (χ0) is 23.0. The first-order valence-corrected chi connectivity index (χ1v) is 12.0. The minimum absolute atomic E-state index is 0.0120. The van der Waals surface area contributed by atoms with Gasteiger partial charge in [-0.1, -0.05) is 12.5 Å². The van der Waals surface area contributed by atoms with Crippen molar-refractivity contribution >= 4 is 5.91 Å². The number of hydrogen-bond donors (Lipinski definition) is 5. The summed E-state index contributed by atoms with van der Waals surface area (Å²) >= 11 is 0. The number of unbranched alkanes of at least 4 members (excludes halogenated alkanes) is 2. The van der Waals surface area contributed by atoms with Gasteiger partial charge in [-0.15, -0.1) is 0 Å². The minimum Gasteiger partial charge on any atom is -0.493 e. The van der Waals surface area contributed by atoms with Crippen molar-refractivity contribution in [1.29, 1.82) is 0 Å². The molecular formula is C24H40FN3O4. The molecule has 0 aromatic heterocycles. The molecule has 5 N–H and O–H groups in total. The summed E-state index contributed by atoms with van der Waals surface area (Å²) in [5, 5.41) is 27.2. The van der Waals surface area contributed by atoms with Crippen LogP contribution in [-0.2, 0) is 11.2 Å². The second-order valence-electron chi connectivity index (χ2n) is 8.54. The Morgan fingerprint density at radius 3 is 2.59 bits per heavy atom. The van der Waals surface area contributed by atoms with Crippen molar-refractivity contribution in [1.82, 2.24) is 16.0 Å². The topological polar surface area (TPSA) is 103 Å². The number of amides is 1. The van der Waals surface area contributed by atoms with E-state index in [1.807, 2.05) is 0 Å². The average Bonchev–Trinajstić information content (AvgIpc) is 2.81. The van der Waals surface area contributed by atoms with Gasteiger partial charge in [0.05, 0.1) is 32.3 Å². The lowest BCUT2D eigenvalue weighted by atomic mass is 9.93. The van der Waals surface area contributed by atoms with Crippen LogP contribution < -0.4 is 20.7 Å². The molecule has 1 fully saturated rings. The summed E-state index contributed by atoms with van der Waals surface area (Å²) in [6.45, 7) is 3.85. The van der Waals surface area contributed by atoms with Crippen molar-refractivity contribution < 1.29 is 24.1 Å². The zero-order valence-electron chi connectivity index (χ0n) is 19.1. The van der Waals surface area contributed by atoms with Crippen molar-refractivity contribution in [3.05, 3.63) is 29.6 Å². The van der Waals surface area contributed by atoms with Gasteiger partial charge in [0.15, 0.2) is 0 Å². The quantitative estimate of drug-likeness (QED) is 0.245. The van der Waals surface area contributed by atoms with E-state index in [2.05, 4.69) is 16.0 Å². The van der Waals surface area contributed by atoms with Crippen molar-refractivity contribution in [2.24, 2.45) is 5.92 Å². The van der Waals surface area contributed by atoms with Crippen molar-refractivity contribution in [3.63, 3.8) is 0 Å². The van der Waals surface area contributed by atoms with E-state index in [0.29, 0.717) is 31.0 Å². The highest BCUT2D eigenvalue weighted by Crippen LogP contribution is 2.20. The number of nitrogens with one attached hydrogen (secondary N) is 3. The summed E-state index contributed by atoms with van der Waals surface area (Å²) in [6, 6.07) is 4.45. The third-order valence-corrected chi connectivity index (χ3v) is 5.91. The molecule has 182 valence electrons. The maximum Gasteiger partial charge on any atom is 0.224 e. The lowest BCUT2D eigenvalue weighted by Gasteiger charge is -2.22. The number of carbonyl (C=O) groups is 1. The number of aliphatic hydroxyl groups is 2. The molecule has 0 atom stereocenters. The molecule has 1 amide bonds. The average molecular weight is 454 g/mol. The van der Waals surface area contributed by atoms with Crippen molar-refractivity contribution in [2.45, 2.75) is 57.4 Å². The predicted octanol–water partition coefficient (Wildman–Crippen LogP) is 1.76. The maximum atomic E-state index is 14.4. The van der Waals surface area contributed by atoms with E-state index in [1.54, 1.807) is 12.1 Å². The second kappa shape index (κ2) is 16.0. The van der Waals surface area contributed by atoms with Crippen LogP contribution in [0.15, 0.2) is 18.2 Å². The third-order valence-electron chi connectivity index (χ3n) is 5.91. The highest BCUT2D eigenvalue weighted by Gasteiger charge is 2.13. The summed E-state index contributed by atoms with van der Waals surface area (Å²) in [7, 11) is 0. The molecule has 7 nitrogen and oxygen atoms in total. The molecule has 1 saturated heterocycles. The lowest BCUT2D eigenvalue weighted by Crippen LogP contribution is -2.36. The summed E-state index contributed by atoms with van der Waals surface area (Å²) < 4.78 is 20.0. The zero-order valence-corrected chi connectivity index (χ0v) is 19.1. The summed E-state index contributed by atoms with van der Waals surface area (Å²) in [5.41, 5.74) is 0.368. The maximum absolute atomic E-state index is 14.4. The Balaban J connectivity index is 1.56. The fourth-order valence-electron chi connectivity index (χ4n) is 3.88. The number of rotatable bonds is 16. The molecule has 0 saturated carbocycles. The number of ether oxygens (including phenoxy) is 1. The van der Waals surface area contributed by atoms with Gasteiger partial charge < -0.3 is 30.9 Å². The van der Waals surface area contributed by atoms with Crippen molar-refractivity contribution in [3.8, 4) is 5.75 Å². The molecule has 0 aliphatic carbocycles. The van der Waals surface area contributed by atoms with Gasteiger partial charge in [0, 0.05) is 12.6 Å². The molecule has 2 rings (SSSR count). The van der Waals surface area contributed by atoms with Crippen LogP contribution >= 0.6 is 0 Å². The normalized spacial score (nSPS) is 14.6. The Labute approximate surface area is 191 Å². The van der Waals surface area contributed by atoms with E-state index in [0.717, 1.165) is 51.1 Å². The van der Waals surface area contributed by atoms with Crippen LogP contribution in [0.25, 0.3) is 0 Å². The van der Waals surface area contributed by atoms with E-state index in [4.69, 9.17) is 14.9 Å². The Bertz CT molecular complexity index is 652. The largest absolute Gasteiger partial charge is 0.493 e. The molecule has 1 aliphatic heterocycles. The van der Waals surface area contributed by atoms with Gasteiger partial charge in [-0.25, -0.2) is 4.39 Å². The first-order chi connectivity index (χ1) is 15.6. The lowest BCUT2D eigenvalue weighted by molar-refractivity contribution is -0.120. The predicted molar refractivity (Wildman–Crippen MR) is 123 cm³/mol. The molecule has 0 unspecified atom stereocenters. The van der Waals surface area contributed by atoms with Crippen molar-refractivity contribution in [2.75, 3.05) is 46.0 Å². The molecule has 8 heteroatoms. The monoisotopic (exact) mass is 453 g/mol. The molecule has 32 heavy (non-hydrogen) atoms. The molecule has 1 heterocycles. The number of aliphatic hydroxyl groups excluding tert-OH is 2. The smallest absolute Gasteiger partial charge is 0.224 e. The Morgan fingerprint density at radius 1 is 1.12 bits per heavy atom. The van der Waals surface area contributed by atoms with Crippen LogP contribution in [0, 0.1) is 11.7 Å². The van der Waals surface area contributed by atoms with Gasteiger partial charge in [0.2, 0.25) is 5.91 Å². The second-order valence-corrected chi connectivity index (χ2v) is 8.54. The molecule has 0 bridgehead atoms. The van der Waals surface area contributed by atoms with E-state index in [-0.39, 0.29) is 31.6 Å². The van der Waals surface area contributed by atoms with Crippen LogP contribution in [0.3, 0.4) is 0 Å². The number of benzene rings is 1. The molecular weight excluding hydrogens is 413 g/mol. The van der Waals surface area contributed by atoms with Crippen LogP contribution in [-0.4, -0.2) is 68.2 Å². The van der Waals surface area contributed by atoms with E-state index >= 15 is 0 Å². The van der Waals surface area contributed by atoms with E-state index in [1.165, 1.54) is 18.9 Å². The Morgan fingerprint density at radius 2 is 1.88 bits per heavy atom. The highest BCUT2D eigenvalue weighted by atomic mass is 19.1. The number of piperidine rings is 1. The first kappa shape index (κ1) is 26.5. The summed E-state index contributed by atoms with van der Waals surface area (Å²) in [4.78, 5) is 12.1. The Kier molecular flexibility index (Phi) is 13.2. The SMILES string of the molecule is O=C(Cc1ccc(OCCCC2CCNCC2)cc1F)NCCCCCNC(CO)CO. The van der Waals surface area contributed by atoms with Crippen LogP contribution in [0.2, 0.25) is 0 Å². The molecule has 1 aliphatic rings. The molecule has 0 spiro atoms. The van der Waals surface area contributed by atoms with E-state index < -0.39 is 5.82 Å². The highest BCUT2D eigenvalue weighted by molar-refractivity contribution is 5.78.